The maximum Gasteiger partial charge on any atom is 0.306 e. The van der Waals surface area contributed by atoms with E-state index >= 15 is 0 Å². The van der Waals surface area contributed by atoms with Gasteiger partial charge in [0.05, 0.1) is 13.0 Å². The molecule has 0 bridgehead atoms. The SMILES string of the molecule is CCCCC(CC)COC(=O)CCSc1cc2c(cc1O)CN(C)CC2. The summed E-state index contributed by atoms with van der Waals surface area (Å²) < 4.78 is 5.44. The lowest BCUT2D eigenvalue weighted by Crippen LogP contribution is -2.26. The summed E-state index contributed by atoms with van der Waals surface area (Å²) in [6, 6.07) is 3.97. The molecule has 146 valence electrons. The second-order valence-electron chi connectivity index (χ2n) is 7.27. The lowest BCUT2D eigenvalue weighted by Gasteiger charge is -2.25. The first-order chi connectivity index (χ1) is 12.5. The summed E-state index contributed by atoms with van der Waals surface area (Å²) in [5, 5.41) is 10.3. The molecule has 2 rings (SSSR count). The van der Waals surface area contributed by atoms with E-state index in [1.807, 2.05) is 6.07 Å². The van der Waals surface area contributed by atoms with Crippen LogP contribution in [0.2, 0.25) is 0 Å². The number of carbonyl (C=O) groups excluding carboxylic acids is 1. The molecule has 1 aromatic carbocycles. The Balaban J connectivity index is 1.76. The number of thioether (sulfide) groups is 1. The van der Waals surface area contributed by atoms with Crippen LogP contribution in [-0.4, -0.2) is 41.9 Å². The fourth-order valence-electron chi connectivity index (χ4n) is 3.26. The average molecular weight is 380 g/mol. The largest absolute Gasteiger partial charge is 0.507 e. The normalized spacial score (nSPS) is 15.5. The topological polar surface area (TPSA) is 49.8 Å². The van der Waals surface area contributed by atoms with Gasteiger partial charge in [-0.15, -0.1) is 11.8 Å². The standard InChI is InChI=1S/C21H33NO3S/c1-4-6-7-16(5-2)15-25-21(24)9-11-26-20-13-17-8-10-22(3)14-18(17)12-19(20)23/h12-13,16,23H,4-11,14-15H2,1-3H3. The number of phenolic OH excluding ortho intramolecular Hbond substituents is 1. The Labute approximate surface area is 162 Å². The highest BCUT2D eigenvalue weighted by Gasteiger charge is 2.17. The Kier molecular flexibility index (Phi) is 8.79. The van der Waals surface area contributed by atoms with Gasteiger partial charge in [-0.3, -0.25) is 4.79 Å². The summed E-state index contributed by atoms with van der Waals surface area (Å²) in [6.07, 6.45) is 5.96. The second kappa shape index (κ2) is 10.8. The average Bonchev–Trinajstić information content (AvgIpc) is 2.62. The summed E-state index contributed by atoms with van der Waals surface area (Å²) in [7, 11) is 2.10. The van der Waals surface area contributed by atoms with Gasteiger partial charge in [-0.1, -0.05) is 33.1 Å². The zero-order valence-corrected chi connectivity index (χ0v) is 17.2. The molecule has 0 spiro atoms. The van der Waals surface area contributed by atoms with Gasteiger partial charge >= 0.3 is 5.97 Å². The molecule has 1 aliphatic heterocycles. The van der Waals surface area contributed by atoms with Crippen LogP contribution in [0.4, 0.5) is 0 Å². The molecule has 1 atom stereocenters. The van der Waals surface area contributed by atoms with Crippen LogP contribution in [0.1, 0.15) is 57.1 Å². The lowest BCUT2D eigenvalue weighted by atomic mass is 10.00. The number of benzene rings is 1. The van der Waals surface area contributed by atoms with Gasteiger partial charge in [-0.05, 0) is 49.1 Å². The fraction of sp³-hybridized carbons (Fsp3) is 0.667. The minimum Gasteiger partial charge on any atom is -0.507 e. The number of nitrogens with zero attached hydrogens (tertiary/aromatic N) is 1. The zero-order valence-electron chi connectivity index (χ0n) is 16.4. The van der Waals surface area contributed by atoms with Crippen molar-refractivity contribution in [2.45, 2.75) is 63.8 Å². The van der Waals surface area contributed by atoms with E-state index < -0.39 is 0 Å². The number of rotatable bonds is 10. The highest BCUT2D eigenvalue weighted by Crippen LogP contribution is 2.34. The van der Waals surface area contributed by atoms with Gasteiger partial charge in [0.2, 0.25) is 0 Å². The van der Waals surface area contributed by atoms with Crippen LogP contribution in [0.15, 0.2) is 17.0 Å². The van der Waals surface area contributed by atoms with Crippen molar-refractivity contribution < 1.29 is 14.6 Å². The highest BCUT2D eigenvalue weighted by molar-refractivity contribution is 7.99. The van der Waals surface area contributed by atoms with Crippen molar-refractivity contribution in [3.05, 3.63) is 23.3 Å². The molecule has 1 heterocycles. The van der Waals surface area contributed by atoms with E-state index in [-0.39, 0.29) is 5.97 Å². The van der Waals surface area contributed by atoms with Crippen LogP contribution in [0.3, 0.4) is 0 Å². The third-order valence-corrected chi connectivity index (χ3v) is 6.12. The Bertz CT molecular complexity index is 591. The van der Waals surface area contributed by atoms with Gasteiger partial charge in [-0.2, -0.15) is 0 Å². The second-order valence-corrected chi connectivity index (χ2v) is 8.41. The molecule has 0 aromatic heterocycles. The van der Waals surface area contributed by atoms with Crippen LogP contribution >= 0.6 is 11.8 Å². The number of carbonyl (C=O) groups is 1. The Hall–Kier alpha value is -1.20. The third kappa shape index (κ3) is 6.51. The van der Waals surface area contributed by atoms with E-state index in [1.54, 1.807) is 0 Å². The zero-order chi connectivity index (χ0) is 18.9. The van der Waals surface area contributed by atoms with E-state index in [4.69, 9.17) is 4.74 Å². The van der Waals surface area contributed by atoms with Crippen molar-refractivity contribution in [1.82, 2.24) is 4.90 Å². The van der Waals surface area contributed by atoms with E-state index in [0.717, 1.165) is 37.2 Å². The van der Waals surface area contributed by atoms with Gasteiger partial charge in [0, 0.05) is 23.7 Å². The maximum absolute atomic E-state index is 12.0. The molecular weight excluding hydrogens is 346 g/mol. The number of phenols is 1. The summed E-state index contributed by atoms with van der Waals surface area (Å²) in [5.74, 6) is 1.31. The van der Waals surface area contributed by atoms with Gasteiger partial charge < -0.3 is 14.7 Å². The Morgan fingerprint density at radius 2 is 2.15 bits per heavy atom. The van der Waals surface area contributed by atoms with Crippen molar-refractivity contribution in [1.29, 1.82) is 0 Å². The Morgan fingerprint density at radius 1 is 1.35 bits per heavy atom. The maximum atomic E-state index is 12.0. The summed E-state index contributed by atoms with van der Waals surface area (Å²) >= 11 is 1.54. The number of hydrogen-bond donors (Lipinski definition) is 1. The number of likely N-dealkylation sites (N-methyl/N-ethyl adjacent to an activating group) is 1. The van der Waals surface area contributed by atoms with E-state index in [2.05, 4.69) is 31.9 Å². The van der Waals surface area contributed by atoms with Gasteiger partial charge in [0.1, 0.15) is 5.75 Å². The molecule has 4 nitrogen and oxygen atoms in total. The third-order valence-electron chi connectivity index (χ3n) is 5.07. The van der Waals surface area contributed by atoms with Crippen molar-refractivity contribution in [2.75, 3.05) is 26.0 Å². The number of aromatic hydroxyl groups is 1. The van der Waals surface area contributed by atoms with Crippen molar-refractivity contribution in [3.8, 4) is 5.75 Å². The molecule has 0 amide bonds. The first kappa shape index (κ1) is 21.1. The van der Waals surface area contributed by atoms with Crippen molar-refractivity contribution >= 4 is 17.7 Å². The minimum atomic E-state index is -0.133. The molecule has 0 fully saturated rings. The predicted octanol–water partition coefficient (Wildman–Crippen LogP) is 4.62. The monoisotopic (exact) mass is 379 g/mol. The number of esters is 1. The van der Waals surface area contributed by atoms with Crippen LogP contribution in [-0.2, 0) is 22.5 Å². The molecule has 26 heavy (non-hydrogen) atoms. The molecule has 1 aliphatic rings. The summed E-state index contributed by atoms with van der Waals surface area (Å²) in [6.45, 7) is 6.81. The first-order valence-corrected chi connectivity index (χ1v) is 10.8. The first-order valence-electron chi connectivity index (χ1n) is 9.85. The van der Waals surface area contributed by atoms with E-state index in [0.29, 0.717) is 30.4 Å². The van der Waals surface area contributed by atoms with Crippen LogP contribution in [0, 0.1) is 5.92 Å². The van der Waals surface area contributed by atoms with Crippen LogP contribution in [0.5, 0.6) is 5.75 Å². The molecule has 1 unspecified atom stereocenters. The summed E-state index contributed by atoms with van der Waals surface area (Å²) in [5.41, 5.74) is 2.52. The molecule has 1 aromatic rings. The Morgan fingerprint density at radius 3 is 2.88 bits per heavy atom. The van der Waals surface area contributed by atoms with Crippen LogP contribution in [0.25, 0.3) is 0 Å². The molecule has 1 N–H and O–H groups in total. The molecule has 5 heteroatoms. The number of ether oxygens (including phenoxy) is 1. The number of fused-ring (bicyclic) bond motifs is 1. The number of hydrogen-bond acceptors (Lipinski definition) is 5. The molecule has 0 radical (unpaired) electrons. The van der Waals surface area contributed by atoms with Gasteiger partial charge in [-0.25, -0.2) is 0 Å². The molecule has 0 aliphatic carbocycles. The smallest absolute Gasteiger partial charge is 0.306 e. The van der Waals surface area contributed by atoms with E-state index in [1.165, 1.54) is 35.7 Å². The van der Waals surface area contributed by atoms with E-state index in [9.17, 15) is 9.90 Å². The number of unbranched alkanes of at least 4 members (excludes halogenated alkanes) is 1. The summed E-state index contributed by atoms with van der Waals surface area (Å²) in [4.78, 5) is 15.1. The predicted molar refractivity (Wildman–Crippen MR) is 108 cm³/mol. The van der Waals surface area contributed by atoms with Crippen molar-refractivity contribution in [3.63, 3.8) is 0 Å². The van der Waals surface area contributed by atoms with Gasteiger partial charge in [0.15, 0.2) is 0 Å². The molecule has 0 saturated carbocycles. The van der Waals surface area contributed by atoms with Crippen molar-refractivity contribution in [2.24, 2.45) is 5.92 Å². The quantitative estimate of drug-likeness (QED) is 0.475. The van der Waals surface area contributed by atoms with Crippen LogP contribution < -0.4 is 0 Å². The fourth-order valence-corrected chi connectivity index (χ4v) is 4.18. The molecule has 0 saturated heterocycles. The minimum absolute atomic E-state index is 0.133. The van der Waals surface area contributed by atoms with Gasteiger partial charge in [0.25, 0.3) is 0 Å². The highest BCUT2D eigenvalue weighted by atomic mass is 32.2. The lowest BCUT2D eigenvalue weighted by molar-refractivity contribution is -0.144. The molecular formula is C21H33NO3S.